The van der Waals surface area contributed by atoms with Gasteiger partial charge in [-0.3, -0.25) is 9.59 Å². The van der Waals surface area contributed by atoms with Gasteiger partial charge in [-0.2, -0.15) is 0 Å². The lowest BCUT2D eigenvalue weighted by Crippen LogP contribution is -2.39. The molecule has 19 heavy (non-hydrogen) atoms. The van der Waals surface area contributed by atoms with Crippen LogP contribution in [0.3, 0.4) is 0 Å². The zero-order chi connectivity index (χ0) is 14.4. The first-order valence-electron chi connectivity index (χ1n) is 6.54. The topological polar surface area (TPSA) is 58.2 Å². The average molecular weight is 262 g/mol. The fourth-order valence-electron chi connectivity index (χ4n) is 1.50. The van der Waals surface area contributed by atoms with Crippen LogP contribution < -0.4 is 10.6 Å². The van der Waals surface area contributed by atoms with E-state index < -0.39 is 0 Å². The Hall–Kier alpha value is -1.84. The van der Waals surface area contributed by atoms with E-state index in [-0.39, 0.29) is 24.3 Å². The van der Waals surface area contributed by atoms with Gasteiger partial charge < -0.3 is 10.6 Å². The second kappa shape index (κ2) is 6.92. The number of hydrogen-bond acceptors (Lipinski definition) is 3. The van der Waals surface area contributed by atoms with Crippen molar-refractivity contribution in [1.82, 2.24) is 5.32 Å². The zero-order valence-corrected chi connectivity index (χ0v) is 12.0. The minimum absolute atomic E-state index is 0.0153. The fraction of sp³-hybridized carbons (Fsp3) is 0.467. The molecule has 1 aromatic rings. The van der Waals surface area contributed by atoms with Crippen LogP contribution in [-0.2, 0) is 4.79 Å². The van der Waals surface area contributed by atoms with Crippen LogP contribution in [0, 0.1) is 5.92 Å². The van der Waals surface area contributed by atoms with Crippen LogP contribution in [0.25, 0.3) is 0 Å². The van der Waals surface area contributed by atoms with Crippen molar-refractivity contribution in [2.75, 3.05) is 11.9 Å². The molecule has 0 aromatic heterocycles. The van der Waals surface area contributed by atoms with Gasteiger partial charge in [-0.05, 0) is 31.9 Å². The predicted molar refractivity (Wildman–Crippen MR) is 77.4 cm³/mol. The molecule has 1 aromatic carbocycles. The van der Waals surface area contributed by atoms with Gasteiger partial charge in [0.1, 0.15) is 0 Å². The lowest BCUT2D eigenvalue weighted by atomic mass is 10.1. The maximum Gasteiger partial charge on any atom is 0.239 e. The summed E-state index contributed by atoms with van der Waals surface area (Å²) in [5.74, 6) is 0.376. The number of hydrogen-bond donors (Lipinski definition) is 2. The molecule has 4 nitrogen and oxygen atoms in total. The molecule has 0 saturated heterocycles. The maximum absolute atomic E-state index is 11.7. The fourth-order valence-corrected chi connectivity index (χ4v) is 1.50. The number of amides is 1. The first kappa shape index (κ1) is 15.2. The van der Waals surface area contributed by atoms with Gasteiger partial charge in [0.2, 0.25) is 5.91 Å². The summed E-state index contributed by atoms with van der Waals surface area (Å²) in [6.45, 7) is 7.84. The molecule has 0 aliphatic heterocycles. The van der Waals surface area contributed by atoms with Crippen LogP contribution in [0.15, 0.2) is 24.3 Å². The Kier molecular flexibility index (Phi) is 5.55. The van der Waals surface area contributed by atoms with Gasteiger partial charge >= 0.3 is 0 Å². The molecule has 0 saturated carbocycles. The number of anilines is 1. The average Bonchev–Trinajstić information content (AvgIpc) is 2.36. The minimum Gasteiger partial charge on any atom is -0.376 e. The van der Waals surface area contributed by atoms with Crippen LogP contribution in [0.4, 0.5) is 5.69 Å². The minimum atomic E-state index is -0.0468. The summed E-state index contributed by atoms with van der Waals surface area (Å²) < 4.78 is 0. The molecule has 104 valence electrons. The van der Waals surface area contributed by atoms with Crippen LogP contribution in [-0.4, -0.2) is 24.3 Å². The molecule has 0 aliphatic rings. The highest BCUT2D eigenvalue weighted by molar-refractivity contribution is 5.95. The normalized spacial score (nSPS) is 12.1. The smallest absolute Gasteiger partial charge is 0.239 e. The van der Waals surface area contributed by atoms with E-state index >= 15 is 0 Å². The number of rotatable bonds is 6. The van der Waals surface area contributed by atoms with Crippen molar-refractivity contribution in [3.63, 3.8) is 0 Å². The summed E-state index contributed by atoms with van der Waals surface area (Å²) in [6.07, 6.45) is 0. The van der Waals surface area contributed by atoms with Crippen molar-refractivity contribution in [1.29, 1.82) is 0 Å². The third kappa shape index (κ3) is 5.12. The van der Waals surface area contributed by atoms with Gasteiger partial charge in [0.25, 0.3) is 0 Å². The van der Waals surface area contributed by atoms with Crippen LogP contribution >= 0.6 is 0 Å². The highest BCUT2D eigenvalue weighted by Gasteiger charge is 2.10. The van der Waals surface area contributed by atoms with E-state index in [4.69, 9.17) is 0 Å². The molecule has 1 atom stereocenters. The Morgan fingerprint density at radius 1 is 1.21 bits per heavy atom. The van der Waals surface area contributed by atoms with Gasteiger partial charge in [0, 0.05) is 17.3 Å². The molecular formula is C15H22N2O2. The van der Waals surface area contributed by atoms with Gasteiger partial charge in [0.15, 0.2) is 5.78 Å². The zero-order valence-electron chi connectivity index (χ0n) is 12.0. The molecule has 2 N–H and O–H groups in total. The third-order valence-corrected chi connectivity index (χ3v) is 3.11. The summed E-state index contributed by atoms with van der Waals surface area (Å²) in [7, 11) is 0. The summed E-state index contributed by atoms with van der Waals surface area (Å²) in [5.41, 5.74) is 1.42. The molecule has 0 radical (unpaired) electrons. The van der Waals surface area contributed by atoms with Gasteiger partial charge in [0.05, 0.1) is 6.54 Å². The molecular weight excluding hydrogens is 240 g/mol. The first-order valence-corrected chi connectivity index (χ1v) is 6.54. The van der Waals surface area contributed by atoms with Crippen LogP contribution in [0.5, 0.6) is 0 Å². The first-order chi connectivity index (χ1) is 8.90. The molecule has 0 heterocycles. The van der Waals surface area contributed by atoms with E-state index in [2.05, 4.69) is 24.5 Å². The van der Waals surface area contributed by atoms with Crippen molar-refractivity contribution in [2.45, 2.75) is 33.7 Å². The SMILES string of the molecule is CC(=O)c1cccc(NCC(=O)N[C@@H](C)C(C)C)c1. The van der Waals surface area contributed by atoms with E-state index in [9.17, 15) is 9.59 Å². The highest BCUT2D eigenvalue weighted by Crippen LogP contribution is 2.10. The predicted octanol–water partition coefficient (Wildman–Crippen LogP) is 2.46. The molecule has 0 bridgehead atoms. The van der Waals surface area contributed by atoms with Gasteiger partial charge in [-0.15, -0.1) is 0 Å². The molecule has 1 amide bonds. The summed E-state index contributed by atoms with van der Waals surface area (Å²) >= 11 is 0. The second-order valence-electron chi connectivity index (χ2n) is 5.09. The van der Waals surface area contributed by atoms with Crippen LogP contribution in [0.2, 0.25) is 0 Å². The summed E-state index contributed by atoms with van der Waals surface area (Å²) in [5, 5.41) is 5.94. The van der Waals surface area contributed by atoms with Gasteiger partial charge in [-0.25, -0.2) is 0 Å². The summed E-state index contributed by atoms with van der Waals surface area (Å²) in [4.78, 5) is 23.0. The summed E-state index contributed by atoms with van der Waals surface area (Å²) in [6, 6.07) is 7.30. The molecule has 1 rings (SSSR count). The largest absolute Gasteiger partial charge is 0.376 e. The molecule has 0 fully saturated rings. The molecule has 0 aliphatic carbocycles. The number of nitrogens with one attached hydrogen (secondary N) is 2. The second-order valence-corrected chi connectivity index (χ2v) is 5.09. The van der Waals surface area contributed by atoms with Crippen LogP contribution in [0.1, 0.15) is 38.1 Å². The Bertz CT molecular complexity index is 455. The number of carbonyl (C=O) groups is 2. The van der Waals surface area contributed by atoms with E-state index in [1.807, 2.05) is 13.0 Å². The molecule has 4 heteroatoms. The van der Waals surface area contributed by atoms with E-state index in [1.54, 1.807) is 18.2 Å². The van der Waals surface area contributed by atoms with Crippen molar-refractivity contribution in [2.24, 2.45) is 5.92 Å². The van der Waals surface area contributed by atoms with Crippen molar-refractivity contribution < 1.29 is 9.59 Å². The number of benzene rings is 1. The van der Waals surface area contributed by atoms with Crippen molar-refractivity contribution in [3.05, 3.63) is 29.8 Å². The lowest BCUT2D eigenvalue weighted by molar-refractivity contribution is -0.120. The van der Waals surface area contributed by atoms with Crippen molar-refractivity contribution >= 4 is 17.4 Å². The third-order valence-electron chi connectivity index (χ3n) is 3.11. The number of ketones is 1. The lowest BCUT2D eigenvalue weighted by Gasteiger charge is -2.17. The Morgan fingerprint density at radius 3 is 2.47 bits per heavy atom. The van der Waals surface area contributed by atoms with E-state index in [0.717, 1.165) is 5.69 Å². The quantitative estimate of drug-likeness (QED) is 0.774. The molecule has 0 spiro atoms. The molecule has 0 unspecified atom stereocenters. The highest BCUT2D eigenvalue weighted by atomic mass is 16.2. The standard InChI is InChI=1S/C15H22N2O2/c1-10(2)11(3)17-15(19)9-16-14-7-5-6-13(8-14)12(4)18/h5-8,10-11,16H,9H2,1-4H3,(H,17,19)/t11-/m0/s1. The van der Waals surface area contributed by atoms with E-state index in [0.29, 0.717) is 11.5 Å². The van der Waals surface area contributed by atoms with Gasteiger partial charge in [-0.1, -0.05) is 26.0 Å². The monoisotopic (exact) mass is 262 g/mol. The Morgan fingerprint density at radius 2 is 1.89 bits per heavy atom. The maximum atomic E-state index is 11.7. The number of carbonyl (C=O) groups excluding carboxylic acids is 2. The number of Topliss-reactive ketones (excluding diaryl/α,β-unsaturated/α-hetero) is 1. The van der Waals surface area contributed by atoms with Crippen molar-refractivity contribution in [3.8, 4) is 0 Å². The Balaban J connectivity index is 2.50. The Labute approximate surface area is 114 Å². The van der Waals surface area contributed by atoms with E-state index in [1.165, 1.54) is 6.92 Å².